The zero-order valence-corrected chi connectivity index (χ0v) is 7.77. The molecule has 1 rings (SSSR count). The number of rotatable bonds is 2. The van der Waals surface area contributed by atoms with Crippen molar-refractivity contribution in [3.05, 3.63) is 34.9 Å². The lowest BCUT2D eigenvalue weighted by molar-refractivity contribution is 0.540. The molecule has 0 aliphatic carbocycles. The van der Waals surface area contributed by atoms with E-state index in [1.54, 1.807) is 0 Å². The molecule has 0 unspecified atom stereocenters. The minimum absolute atomic E-state index is 0.0220. The Morgan fingerprint density at radius 2 is 1.92 bits per heavy atom. The van der Waals surface area contributed by atoms with Gasteiger partial charge in [-0.3, -0.25) is 0 Å². The number of hydrogen-bond acceptors (Lipinski definition) is 1. The van der Waals surface area contributed by atoms with E-state index in [1.165, 1.54) is 12.1 Å². The Kier molecular flexibility index (Phi) is 2.98. The Bertz CT molecular complexity index is 308. The molecule has 0 spiro atoms. The first-order chi connectivity index (χ1) is 6.07. The van der Waals surface area contributed by atoms with E-state index in [4.69, 9.17) is 5.73 Å². The van der Waals surface area contributed by atoms with Gasteiger partial charge in [0.1, 0.15) is 11.6 Å². The molecule has 72 valence electrons. The average Bonchev–Trinajstić information content (AvgIpc) is 2.04. The average molecular weight is 185 g/mol. The van der Waals surface area contributed by atoms with Gasteiger partial charge in [-0.25, -0.2) is 8.78 Å². The molecule has 0 aliphatic rings. The summed E-state index contributed by atoms with van der Waals surface area (Å²) in [5, 5.41) is 0. The van der Waals surface area contributed by atoms with Gasteiger partial charge in [0.25, 0.3) is 0 Å². The van der Waals surface area contributed by atoms with Gasteiger partial charge in [-0.2, -0.15) is 0 Å². The zero-order chi connectivity index (χ0) is 10.0. The second-order valence-electron chi connectivity index (χ2n) is 3.29. The molecule has 1 nitrogen and oxygen atoms in total. The summed E-state index contributed by atoms with van der Waals surface area (Å²) < 4.78 is 26.4. The molecule has 0 bridgehead atoms. The van der Waals surface area contributed by atoms with Gasteiger partial charge in [-0.1, -0.05) is 19.9 Å². The summed E-state index contributed by atoms with van der Waals surface area (Å²) >= 11 is 0. The van der Waals surface area contributed by atoms with Crippen LogP contribution in [0.4, 0.5) is 8.78 Å². The molecular formula is C10H13F2N. The largest absolute Gasteiger partial charge is 0.326 e. The maximum Gasteiger partial charge on any atom is 0.134 e. The lowest BCUT2D eigenvalue weighted by atomic mass is 9.99. The first-order valence-electron chi connectivity index (χ1n) is 4.24. The van der Waals surface area contributed by atoms with E-state index in [0.29, 0.717) is 5.56 Å². The third-order valence-corrected chi connectivity index (χ3v) is 2.04. The van der Waals surface area contributed by atoms with E-state index in [0.717, 1.165) is 0 Å². The highest BCUT2D eigenvalue weighted by atomic mass is 19.1. The van der Waals surface area contributed by atoms with Crippen LogP contribution in [0.25, 0.3) is 0 Å². The van der Waals surface area contributed by atoms with Gasteiger partial charge in [0.05, 0.1) is 0 Å². The van der Waals surface area contributed by atoms with Gasteiger partial charge in [0, 0.05) is 12.1 Å². The van der Waals surface area contributed by atoms with Crippen LogP contribution in [0.15, 0.2) is 12.1 Å². The molecule has 0 amide bonds. The third-order valence-electron chi connectivity index (χ3n) is 2.04. The van der Waals surface area contributed by atoms with E-state index in [9.17, 15) is 8.78 Å². The molecule has 0 radical (unpaired) electrons. The molecule has 0 atom stereocenters. The van der Waals surface area contributed by atoms with Crippen LogP contribution in [-0.2, 0) is 6.54 Å². The smallest absolute Gasteiger partial charge is 0.134 e. The van der Waals surface area contributed by atoms with Gasteiger partial charge in [0.2, 0.25) is 0 Å². The van der Waals surface area contributed by atoms with Crippen LogP contribution >= 0.6 is 0 Å². The molecule has 0 fully saturated rings. The molecule has 1 aromatic carbocycles. The fraction of sp³-hybridized carbons (Fsp3) is 0.400. The van der Waals surface area contributed by atoms with Crippen molar-refractivity contribution in [1.29, 1.82) is 0 Å². The molecule has 0 heterocycles. The number of halogens is 2. The van der Waals surface area contributed by atoms with Gasteiger partial charge in [0.15, 0.2) is 0 Å². The zero-order valence-electron chi connectivity index (χ0n) is 7.77. The predicted octanol–water partition coefficient (Wildman–Crippen LogP) is 2.55. The predicted molar refractivity (Wildman–Crippen MR) is 48.3 cm³/mol. The number of benzene rings is 1. The van der Waals surface area contributed by atoms with Crippen molar-refractivity contribution in [3.63, 3.8) is 0 Å². The summed E-state index contributed by atoms with van der Waals surface area (Å²) in [5.41, 5.74) is 5.73. The Morgan fingerprint density at radius 1 is 1.31 bits per heavy atom. The van der Waals surface area contributed by atoms with Crippen LogP contribution in [-0.4, -0.2) is 0 Å². The van der Waals surface area contributed by atoms with Gasteiger partial charge in [-0.15, -0.1) is 0 Å². The molecule has 13 heavy (non-hydrogen) atoms. The topological polar surface area (TPSA) is 26.0 Å². The van der Waals surface area contributed by atoms with Crippen molar-refractivity contribution in [3.8, 4) is 0 Å². The lowest BCUT2D eigenvalue weighted by Gasteiger charge is -2.10. The highest BCUT2D eigenvalue weighted by molar-refractivity contribution is 5.29. The summed E-state index contributed by atoms with van der Waals surface area (Å²) in [6, 6.07) is 2.73. The summed E-state index contributed by atoms with van der Waals surface area (Å²) in [6.45, 7) is 3.62. The Labute approximate surface area is 76.6 Å². The van der Waals surface area contributed by atoms with E-state index in [-0.39, 0.29) is 18.0 Å². The number of nitrogens with two attached hydrogens (primary N) is 1. The standard InChI is InChI=1S/C10H13F2N/c1-6(2)7-3-4-9(11)8(5-13)10(7)12/h3-4,6H,5,13H2,1-2H3. The summed E-state index contributed by atoms with van der Waals surface area (Å²) in [5.74, 6) is -1.02. The lowest BCUT2D eigenvalue weighted by Crippen LogP contribution is -2.06. The van der Waals surface area contributed by atoms with Gasteiger partial charge >= 0.3 is 0 Å². The molecule has 2 N–H and O–H groups in total. The highest BCUT2D eigenvalue weighted by Gasteiger charge is 2.13. The van der Waals surface area contributed by atoms with Crippen LogP contribution in [0, 0.1) is 11.6 Å². The first kappa shape index (κ1) is 10.1. The normalized spacial score (nSPS) is 10.9. The van der Waals surface area contributed by atoms with E-state index < -0.39 is 11.6 Å². The van der Waals surface area contributed by atoms with Crippen molar-refractivity contribution in [2.75, 3.05) is 0 Å². The van der Waals surface area contributed by atoms with E-state index >= 15 is 0 Å². The van der Waals surface area contributed by atoms with Crippen molar-refractivity contribution in [2.45, 2.75) is 26.3 Å². The van der Waals surface area contributed by atoms with Crippen molar-refractivity contribution < 1.29 is 8.78 Å². The van der Waals surface area contributed by atoms with Gasteiger partial charge in [-0.05, 0) is 17.5 Å². The fourth-order valence-electron chi connectivity index (χ4n) is 1.25. The number of hydrogen-bond donors (Lipinski definition) is 1. The Hall–Kier alpha value is -0.960. The van der Waals surface area contributed by atoms with Crippen LogP contribution in [0.3, 0.4) is 0 Å². The SMILES string of the molecule is CC(C)c1ccc(F)c(CN)c1F. The van der Waals surface area contributed by atoms with Crippen molar-refractivity contribution >= 4 is 0 Å². The van der Waals surface area contributed by atoms with Gasteiger partial charge < -0.3 is 5.73 Å². The van der Waals surface area contributed by atoms with Crippen LogP contribution in [0.5, 0.6) is 0 Å². The van der Waals surface area contributed by atoms with Crippen LogP contribution in [0.1, 0.15) is 30.9 Å². The Morgan fingerprint density at radius 3 is 2.38 bits per heavy atom. The highest BCUT2D eigenvalue weighted by Crippen LogP contribution is 2.22. The molecule has 1 aromatic rings. The minimum atomic E-state index is -0.565. The second-order valence-corrected chi connectivity index (χ2v) is 3.29. The van der Waals surface area contributed by atoms with Crippen molar-refractivity contribution in [2.24, 2.45) is 5.73 Å². The summed E-state index contributed by atoms with van der Waals surface area (Å²) in [6.07, 6.45) is 0. The van der Waals surface area contributed by atoms with Crippen LogP contribution in [0.2, 0.25) is 0 Å². The fourth-order valence-corrected chi connectivity index (χ4v) is 1.25. The quantitative estimate of drug-likeness (QED) is 0.752. The minimum Gasteiger partial charge on any atom is -0.326 e. The maximum atomic E-state index is 13.5. The summed E-state index contributed by atoms with van der Waals surface area (Å²) in [7, 11) is 0. The van der Waals surface area contributed by atoms with E-state index in [1.807, 2.05) is 13.8 Å². The second kappa shape index (κ2) is 3.83. The first-order valence-corrected chi connectivity index (χ1v) is 4.24. The van der Waals surface area contributed by atoms with Crippen LogP contribution < -0.4 is 5.73 Å². The van der Waals surface area contributed by atoms with Crippen molar-refractivity contribution in [1.82, 2.24) is 0 Å². The molecule has 0 saturated heterocycles. The van der Waals surface area contributed by atoms with E-state index in [2.05, 4.69) is 0 Å². The molecular weight excluding hydrogens is 172 g/mol. The molecule has 0 aromatic heterocycles. The molecule has 0 aliphatic heterocycles. The molecule has 3 heteroatoms. The molecule has 0 saturated carbocycles. The summed E-state index contributed by atoms with van der Waals surface area (Å²) in [4.78, 5) is 0. The maximum absolute atomic E-state index is 13.5. The third kappa shape index (κ3) is 1.86. The Balaban J connectivity index is 3.27. The monoisotopic (exact) mass is 185 g/mol.